The van der Waals surface area contributed by atoms with Crippen LogP contribution in [0.25, 0.3) is 0 Å². The summed E-state index contributed by atoms with van der Waals surface area (Å²) in [5.41, 5.74) is 4.20. The summed E-state index contributed by atoms with van der Waals surface area (Å²) in [5, 5.41) is 10.8. The van der Waals surface area contributed by atoms with Crippen molar-refractivity contribution in [2.45, 2.75) is 13.0 Å². The van der Waals surface area contributed by atoms with Crippen LogP contribution in [0.1, 0.15) is 17.3 Å². The van der Waals surface area contributed by atoms with Crippen LogP contribution in [0.5, 0.6) is 0 Å². The first kappa shape index (κ1) is 14.2. The SMILES string of the molecule is CC1CN(C(=O)c2c(F)ccc([N+](=O)[O-])c2N)CCO1. The zero-order chi connectivity index (χ0) is 14.9. The maximum atomic E-state index is 13.8. The number of amides is 1. The molecule has 1 amide bonds. The Labute approximate surface area is 114 Å². The Morgan fingerprint density at radius 1 is 1.60 bits per heavy atom. The van der Waals surface area contributed by atoms with Crippen LogP contribution in [0, 0.1) is 15.9 Å². The maximum absolute atomic E-state index is 13.8. The fourth-order valence-corrected chi connectivity index (χ4v) is 2.12. The molecule has 1 atom stereocenters. The second kappa shape index (κ2) is 5.41. The first-order valence-corrected chi connectivity index (χ1v) is 6.05. The Balaban J connectivity index is 2.38. The van der Waals surface area contributed by atoms with Gasteiger partial charge in [0.05, 0.1) is 17.6 Å². The summed E-state index contributed by atoms with van der Waals surface area (Å²) >= 11 is 0. The minimum Gasteiger partial charge on any atom is -0.392 e. The van der Waals surface area contributed by atoms with Gasteiger partial charge < -0.3 is 15.4 Å². The van der Waals surface area contributed by atoms with E-state index >= 15 is 0 Å². The predicted molar refractivity (Wildman–Crippen MR) is 68.8 cm³/mol. The second-order valence-corrected chi connectivity index (χ2v) is 4.54. The molecule has 1 aliphatic heterocycles. The Bertz CT molecular complexity index is 564. The van der Waals surface area contributed by atoms with E-state index in [1.807, 2.05) is 0 Å². The van der Waals surface area contributed by atoms with Crippen molar-refractivity contribution in [2.24, 2.45) is 0 Å². The molecule has 1 aromatic rings. The normalized spacial score (nSPS) is 18.9. The molecule has 1 unspecified atom stereocenters. The summed E-state index contributed by atoms with van der Waals surface area (Å²) in [6.07, 6.45) is -0.171. The van der Waals surface area contributed by atoms with Crippen molar-refractivity contribution in [3.8, 4) is 0 Å². The molecule has 2 rings (SSSR count). The number of carbonyl (C=O) groups excluding carboxylic acids is 1. The van der Waals surface area contributed by atoms with Crippen LogP contribution in [0.4, 0.5) is 15.8 Å². The van der Waals surface area contributed by atoms with E-state index in [1.54, 1.807) is 6.92 Å². The van der Waals surface area contributed by atoms with Crippen LogP contribution in [-0.4, -0.2) is 41.5 Å². The van der Waals surface area contributed by atoms with Crippen LogP contribution in [0.15, 0.2) is 12.1 Å². The highest BCUT2D eigenvalue weighted by atomic mass is 19.1. The predicted octanol–water partition coefficient (Wildman–Crippen LogP) is 1.18. The molecule has 2 N–H and O–H groups in total. The highest BCUT2D eigenvalue weighted by molar-refractivity contribution is 6.01. The Morgan fingerprint density at radius 2 is 2.30 bits per heavy atom. The van der Waals surface area contributed by atoms with Gasteiger partial charge in [-0.3, -0.25) is 14.9 Å². The molecular weight excluding hydrogens is 269 g/mol. The molecule has 108 valence electrons. The van der Waals surface area contributed by atoms with Crippen LogP contribution in [0.2, 0.25) is 0 Å². The number of nitrogens with zero attached hydrogens (tertiary/aromatic N) is 2. The third-order valence-corrected chi connectivity index (χ3v) is 3.11. The number of nitrogen functional groups attached to an aromatic ring is 1. The van der Waals surface area contributed by atoms with Crippen molar-refractivity contribution in [1.29, 1.82) is 0 Å². The molecule has 0 radical (unpaired) electrons. The molecule has 0 spiro atoms. The number of hydrogen-bond donors (Lipinski definition) is 1. The molecule has 1 saturated heterocycles. The maximum Gasteiger partial charge on any atom is 0.293 e. The van der Waals surface area contributed by atoms with Gasteiger partial charge in [-0.05, 0) is 13.0 Å². The molecular formula is C12H14FN3O4. The van der Waals surface area contributed by atoms with E-state index in [0.717, 1.165) is 12.1 Å². The standard InChI is InChI=1S/C12H14FN3O4/c1-7-6-15(4-5-20-7)12(17)10-8(13)2-3-9(11(10)14)16(18)19/h2-3,7H,4-6,14H2,1H3. The number of ether oxygens (including phenoxy) is 1. The molecule has 20 heavy (non-hydrogen) atoms. The van der Waals surface area contributed by atoms with Gasteiger partial charge >= 0.3 is 0 Å². The van der Waals surface area contributed by atoms with Crippen LogP contribution < -0.4 is 5.73 Å². The first-order valence-electron chi connectivity index (χ1n) is 6.05. The number of carbonyl (C=O) groups is 1. The molecule has 1 aliphatic rings. The molecule has 0 bridgehead atoms. The van der Waals surface area contributed by atoms with Gasteiger partial charge in [-0.25, -0.2) is 4.39 Å². The summed E-state index contributed by atoms with van der Waals surface area (Å²) in [7, 11) is 0. The summed E-state index contributed by atoms with van der Waals surface area (Å²) in [6.45, 7) is 2.71. The molecule has 8 heteroatoms. The fourth-order valence-electron chi connectivity index (χ4n) is 2.12. The summed E-state index contributed by atoms with van der Waals surface area (Å²) in [4.78, 5) is 23.7. The summed E-state index contributed by atoms with van der Waals surface area (Å²) in [6, 6.07) is 1.83. The number of nitro groups is 1. The smallest absolute Gasteiger partial charge is 0.293 e. The third kappa shape index (κ3) is 2.55. The molecule has 0 aliphatic carbocycles. The zero-order valence-electron chi connectivity index (χ0n) is 10.8. The summed E-state index contributed by atoms with van der Waals surface area (Å²) < 4.78 is 19.1. The van der Waals surface area contributed by atoms with E-state index < -0.39 is 33.6 Å². The van der Waals surface area contributed by atoms with E-state index in [-0.39, 0.29) is 6.10 Å². The Hall–Kier alpha value is -2.22. The molecule has 0 saturated carbocycles. The summed E-state index contributed by atoms with van der Waals surface area (Å²) in [5.74, 6) is -1.52. The van der Waals surface area contributed by atoms with E-state index in [4.69, 9.17) is 10.5 Å². The van der Waals surface area contributed by atoms with Crippen molar-refractivity contribution < 1.29 is 18.8 Å². The minimum absolute atomic E-state index is 0.171. The van der Waals surface area contributed by atoms with Gasteiger partial charge in [-0.2, -0.15) is 0 Å². The first-order chi connectivity index (χ1) is 9.41. The van der Waals surface area contributed by atoms with E-state index in [9.17, 15) is 19.3 Å². The number of nitro benzene ring substituents is 1. The average molecular weight is 283 g/mol. The molecule has 7 nitrogen and oxygen atoms in total. The van der Waals surface area contributed by atoms with E-state index in [0.29, 0.717) is 19.7 Å². The lowest BCUT2D eigenvalue weighted by atomic mass is 10.1. The van der Waals surface area contributed by atoms with Gasteiger partial charge in [0.15, 0.2) is 0 Å². The van der Waals surface area contributed by atoms with Gasteiger partial charge in [-0.1, -0.05) is 0 Å². The highest BCUT2D eigenvalue weighted by Gasteiger charge is 2.29. The molecule has 1 aromatic carbocycles. The van der Waals surface area contributed by atoms with Crippen LogP contribution in [-0.2, 0) is 4.74 Å². The fraction of sp³-hybridized carbons (Fsp3) is 0.417. The average Bonchev–Trinajstić information content (AvgIpc) is 2.38. The van der Waals surface area contributed by atoms with E-state index in [1.165, 1.54) is 4.90 Å². The number of anilines is 1. The highest BCUT2D eigenvalue weighted by Crippen LogP contribution is 2.28. The van der Waals surface area contributed by atoms with Gasteiger partial charge in [0.25, 0.3) is 11.6 Å². The largest absolute Gasteiger partial charge is 0.392 e. The van der Waals surface area contributed by atoms with Gasteiger partial charge in [-0.15, -0.1) is 0 Å². The monoisotopic (exact) mass is 283 g/mol. The number of morpholine rings is 1. The van der Waals surface area contributed by atoms with Crippen molar-refractivity contribution in [3.05, 3.63) is 33.6 Å². The molecule has 0 aromatic heterocycles. The topological polar surface area (TPSA) is 98.7 Å². The number of hydrogen-bond acceptors (Lipinski definition) is 5. The molecule has 1 fully saturated rings. The lowest BCUT2D eigenvalue weighted by Gasteiger charge is -2.31. The van der Waals surface area contributed by atoms with Crippen molar-refractivity contribution >= 4 is 17.3 Å². The lowest BCUT2D eigenvalue weighted by Crippen LogP contribution is -2.45. The van der Waals surface area contributed by atoms with Gasteiger partial charge in [0, 0.05) is 19.2 Å². The van der Waals surface area contributed by atoms with Gasteiger partial charge in [0.2, 0.25) is 0 Å². The quantitative estimate of drug-likeness (QED) is 0.499. The molecule has 1 heterocycles. The van der Waals surface area contributed by atoms with Crippen molar-refractivity contribution in [3.63, 3.8) is 0 Å². The minimum atomic E-state index is -0.864. The zero-order valence-corrected chi connectivity index (χ0v) is 10.8. The Morgan fingerprint density at radius 3 is 2.90 bits per heavy atom. The number of rotatable bonds is 2. The van der Waals surface area contributed by atoms with Gasteiger partial charge in [0.1, 0.15) is 17.1 Å². The third-order valence-electron chi connectivity index (χ3n) is 3.11. The number of nitrogens with two attached hydrogens (primary N) is 1. The lowest BCUT2D eigenvalue weighted by molar-refractivity contribution is -0.384. The van der Waals surface area contributed by atoms with Crippen LogP contribution >= 0.6 is 0 Å². The van der Waals surface area contributed by atoms with Crippen LogP contribution in [0.3, 0.4) is 0 Å². The number of halogens is 1. The second-order valence-electron chi connectivity index (χ2n) is 4.54. The van der Waals surface area contributed by atoms with Crippen molar-refractivity contribution in [2.75, 3.05) is 25.4 Å². The van der Waals surface area contributed by atoms with E-state index in [2.05, 4.69) is 0 Å². The Kier molecular flexibility index (Phi) is 3.84. The number of benzene rings is 1. The van der Waals surface area contributed by atoms with Crippen molar-refractivity contribution in [1.82, 2.24) is 4.90 Å².